The zero-order valence-corrected chi connectivity index (χ0v) is 16.5. The van der Waals surface area contributed by atoms with Crippen molar-refractivity contribution >= 4 is 22.8 Å². The Morgan fingerprint density at radius 2 is 1.71 bits per heavy atom. The minimum absolute atomic E-state index is 0.0231. The van der Waals surface area contributed by atoms with Crippen molar-refractivity contribution in [1.29, 1.82) is 0 Å². The average molecular weight is 383 g/mol. The van der Waals surface area contributed by atoms with E-state index in [2.05, 4.69) is 15.6 Å². The second kappa shape index (κ2) is 8.76. The molecule has 2 aliphatic rings. The molecule has 2 N–H and O–H groups in total. The molecule has 6 nitrogen and oxygen atoms in total. The fourth-order valence-electron chi connectivity index (χ4n) is 4.60. The summed E-state index contributed by atoms with van der Waals surface area (Å²) in [6.45, 7) is 0.604. The number of carbonyl (C=O) groups is 2. The van der Waals surface area contributed by atoms with Gasteiger partial charge in [-0.2, -0.15) is 0 Å². The Morgan fingerprint density at radius 1 is 1.00 bits per heavy atom. The number of carbonyl (C=O) groups excluding carboxylic acids is 2. The Labute approximate surface area is 166 Å². The van der Waals surface area contributed by atoms with Crippen LogP contribution < -0.4 is 10.6 Å². The van der Waals surface area contributed by atoms with Gasteiger partial charge in [-0.05, 0) is 37.8 Å². The molecule has 0 radical (unpaired) electrons. The van der Waals surface area contributed by atoms with Crippen molar-refractivity contribution in [3.63, 3.8) is 0 Å². The third-order valence-electron chi connectivity index (χ3n) is 6.15. The van der Waals surface area contributed by atoms with E-state index in [4.69, 9.17) is 0 Å². The first kappa shape index (κ1) is 19.0. The van der Waals surface area contributed by atoms with Gasteiger partial charge in [-0.3, -0.25) is 9.59 Å². The van der Waals surface area contributed by atoms with Crippen LogP contribution in [0.2, 0.25) is 0 Å². The van der Waals surface area contributed by atoms with E-state index < -0.39 is 0 Å². The van der Waals surface area contributed by atoms with E-state index in [0.29, 0.717) is 12.6 Å². The van der Waals surface area contributed by atoms with Gasteiger partial charge >= 0.3 is 0 Å². The summed E-state index contributed by atoms with van der Waals surface area (Å²) in [5.74, 6) is 1.01. The van der Waals surface area contributed by atoms with E-state index in [9.17, 15) is 9.59 Å². The predicted molar refractivity (Wildman–Crippen MR) is 109 cm³/mol. The van der Waals surface area contributed by atoms with Gasteiger partial charge in [0.05, 0.1) is 17.6 Å². The van der Waals surface area contributed by atoms with Crippen LogP contribution in [0.3, 0.4) is 0 Å². The number of hydrogen-bond donors (Lipinski definition) is 2. The monoisotopic (exact) mass is 382 g/mol. The molecule has 150 valence electrons. The first-order valence-corrected chi connectivity index (χ1v) is 10.7. The van der Waals surface area contributed by atoms with Gasteiger partial charge in [0.25, 0.3) is 0 Å². The first-order chi connectivity index (χ1) is 13.7. The van der Waals surface area contributed by atoms with Crippen molar-refractivity contribution in [2.45, 2.75) is 76.9 Å². The van der Waals surface area contributed by atoms with Crippen molar-refractivity contribution in [3.8, 4) is 0 Å². The van der Waals surface area contributed by atoms with Gasteiger partial charge in [0.2, 0.25) is 11.8 Å². The Hall–Kier alpha value is -2.37. The van der Waals surface area contributed by atoms with Crippen molar-refractivity contribution in [2.24, 2.45) is 5.92 Å². The highest BCUT2D eigenvalue weighted by atomic mass is 16.2. The van der Waals surface area contributed by atoms with Gasteiger partial charge in [-0.15, -0.1) is 0 Å². The van der Waals surface area contributed by atoms with Crippen LogP contribution >= 0.6 is 0 Å². The summed E-state index contributed by atoms with van der Waals surface area (Å²) in [6.07, 6.45) is 9.99. The van der Waals surface area contributed by atoms with Crippen LogP contribution in [0.25, 0.3) is 11.0 Å². The number of amides is 2. The fraction of sp³-hybridized carbons (Fsp3) is 0.591. The summed E-state index contributed by atoms with van der Waals surface area (Å²) in [4.78, 5) is 29.8. The average Bonchev–Trinajstić information content (AvgIpc) is 3.35. The molecule has 6 heteroatoms. The zero-order chi connectivity index (χ0) is 19.3. The molecule has 0 unspecified atom stereocenters. The van der Waals surface area contributed by atoms with E-state index in [1.807, 2.05) is 28.8 Å². The summed E-state index contributed by atoms with van der Waals surface area (Å²) in [5.41, 5.74) is 1.80. The third kappa shape index (κ3) is 4.37. The summed E-state index contributed by atoms with van der Waals surface area (Å²) >= 11 is 0. The standard InChI is InChI=1S/C22H30N4O2/c27-21(24-17-10-4-5-11-17)15-26-19-13-7-6-12-18(19)25-20(26)14-23-22(28)16-8-2-1-3-9-16/h6-7,12-13,16-17H,1-5,8-11,14-15H2,(H,23,28)(H,24,27). The topological polar surface area (TPSA) is 76.0 Å². The van der Waals surface area contributed by atoms with Gasteiger partial charge in [0.1, 0.15) is 12.4 Å². The zero-order valence-electron chi connectivity index (χ0n) is 16.5. The highest BCUT2D eigenvalue weighted by molar-refractivity contribution is 5.82. The number of benzene rings is 1. The Bertz CT molecular complexity index is 832. The van der Waals surface area contributed by atoms with Crippen LogP contribution in [0.5, 0.6) is 0 Å². The van der Waals surface area contributed by atoms with Gasteiger partial charge in [0.15, 0.2) is 0 Å². The number of nitrogens with one attached hydrogen (secondary N) is 2. The number of fused-ring (bicyclic) bond motifs is 1. The van der Waals surface area contributed by atoms with Crippen LogP contribution in [0, 0.1) is 5.92 Å². The van der Waals surface area contributed by atoms with E-state index in [0.717, 1.165) is 55.4 Å². The van der Waals surface area contributed by atoms with E-state index in [1.165, 1.54) is 19.3 Å². The predicted octanol–water partition coefficient (Wildman–Crippen LogP) is 3.29. The van der Waals surface area contributed by atoms with Crippen LogP contribution in [-0.4, -0.2) is 27.4 Å². The SMILES string of the molecule is O=C(Cn1c(CNC(=O)C2CCCCC2)nc2ccccc21)NC1CCCC1. The largest absolute Gasteiger partial charge is 0.352 e. The van der Waals surface area contributed by atoms with Gasteiger partial charge in [0, 0.05) is 12.0 Å². The molecule has 0 spiro atoms. The fourth-order valence-corrected chi connectivity index (χ4v) is 4.60. The molecule has 2 fully saturated rings. The van der Waals surface area contributed by atoms with Gasteiger partial charge in [-0.25, -0.2) is 4.98 Å². The Morgan fingerprint density at radius 3 is 2.50 bits per heavy atom. The molecule has 1 aromatic heterocycles. The van der Waals surface area contributed by atoms with E-state index in [1.54, 1.807) is 0 Å². The number of rotatable bonds is 6. The molecule has 4 rings (SSSR count). The molecule has 0 atom stereocenters. The van der Waals surface area contributed by atoms with Crippen LogP contribution in [0.4, 0.5) is 0 Å². The Balaban J connectivity index is 1.46. The molecule has 0 aliphatic heterocycles. The maximum Gasteiger partial charge on any atom is 0.240 e. The second-order valence-electron chi connectivity index (χ2n) is 8.20. The molecule has 2 aromatic rings. The lowest BCUT2D eigenvalue weighted by Crippen LogP contribution is -2.36. The lowest BCUT2D eigenvalue weighted by molar-refractivity contribution is -0.126. The van der Waals surface area contributed by atoms with Crippen molar-refractivity contribution in [3.05, 3.63) is 30.1 Å². The Kier molecular flexibility index (Phi) is 5.93. The molecular weight excluding hydrogens is 352 g/mol. The highest BCUT2D eigenvalue weighted by Crippen LogP contribution is 2.24. The number of para-hydroxylation sites is 2. The lowest BCUT2D eigenvalue weighted by Gasteiger charge is -2.20. The number of hydrogen-bond acceptors (Lipinski definition) is 3. The van der Waals surface area contributed by atoms with Crippen molar-refractivity contribution < 1.29 is 9.59 Å². The molecule has 2 saturated carbocycles. The quantitative estimate of drug-likeness (QED) is 0.805. The lowest BCUT2D eigenvalue weighted by atomic mass is 9.89. The molecular formula is C22H30N4O2. The molecule has 1 aromatic carbocycles. The van der Waals surface area contributed by atoms with Crippen LogP contribution in [0.1, 0.15) is 63.6 Å². The second-order valence-corrected chi connectivity index (χ2v) is 8.20. The highest BCUT2D eigenvalue weighted by Gasteiger charge is 2.22. The van der Waals surface area contributed by atoms with Crippen LogP contribution in [-0.2, 0) is 22.7 Å². The molecule has 2 aliphatic carbocycles. The first-order valence-electron chi connectivity index (χ1n) is 10.7. The molecule has 28 heavy (non-hydrogen) atoms. The van der Waals surface area contributed by atoms with E-state index >= 15 is 0 Å². The summed E-state index contributed by atoms with van der Waals surface area (Å²) in [6, 6.07) is 8.14. The van der Waals surface area contributed by atoms with Crippen molar-refractivity contribution in [2.75, 3.05) is 0 Å². The molecule has 2 amide bonds. The number of imidazole rings is 1. The summed E-state index contributed by atoms with van der Waals surface area (Å²) in [7, 11) is 0. The third-order valence-corrected chi connectivity index (χ3v) is 6.15. The maximum atomic E-state index is 12.6. The number of nitrogens with zero attached hydrogens (tertiary/aromatic N) is 2. The van der Waals surface area contributed by atoms with E-state index in [-0.39, 0.29) is 24.3 Å². The van der Waals surface area contributed by atoms with Gasteiger partial charge < -0.3 is 15.2 Å². The van der Waals surface area contributed by atoms with Crippen molar-refractivity contribution in [1.82, 2.24) is 20.2 Å². The number of aromatic nitrogens is 2. The maximum absolute atomic E-state index is 12.6. The summed E-state index contributed by atoms with van der Waals surface area (Å²) < 4.78 is 1.95. The molecule has 0 saturated heterocycles. The summed E-state index contributed by atoms with van der Waals surface area (Å²) in [5, 5.41) is 6.21. The molecule has 0 bridgehead atoms. The minimum Gasteiger partial charge on any atom is -0.352 e. The van der Waals surface area contributed by atoms with Crippen LogP contribution in [0.15, 0.2) is 24.3 Å². The molecule has 1 heterocycles. The van der Waals surface area contributed by atoms with Gasteiger partial charge in [-0.1, -0.05) is 44.2 Å². The minimum atomic E-state index is 0.0231. The normalized spacial score (nSPS) is 18.4. The smallest absolute Gasteiger partial charge is 0.240 e.